The first-order valence-electron chi connectivity index (χ1n) is 4.14. The number of rotatable bonds is 6. The van der Waals surface area contributed by atoms with Gasteiger partial charge >= 0.3 is 27.5 Å². The van der Waals surface area contributed by atoms with Crippen LogP contribution in [0.4, 0.5) is 35.3 Å². The Morgan fingerprint density at radius 3 is 1.67 bits per heavy atom. The molecule has 0 atom stereocenters. The molecule has 0 rings (SSSR count). The third-order valence-electron chi connectivity index (χ3n) is 1.77. The standard InChI is InChI=1S/C6H6F8O3S/c7-4(8,2-1-3-5(9,10)11)6(12,13)18(15,16)17-14/h1-3H2. The zero-order chi connectivity index (χ0) is 14.8. The van der Waals surface area contributed by atoms with Crippen molar-refractivity contribution in [1.82, 2.24) is 0 Å². The van der Waals surface area contributed by atoms with E-state index in [1.165, 1.54) is 0 Å². The summed E-state index contributed by atoms with van der Waals surface area (Å²) in [6.07, 6.45) is -10.2. The van der Waals surface area contributed by atoms with E-state index < -0.39 is 46.7 Å². The van der Waals surface area contributed by atoms with Crippen molar-refractivity contribution in [1.29, 1.82) is 0 Å². The second-order valence-electron chi connectivity index (χ2n) is 3.21. The molecular formula is C6H6F8O3S. The van der Waals surface area contributed by atoms with Gasteiger partial charge in [0, 0.05) is 12.8 Å². The summed E-state index contributed by atoms with van der Waals surface area (Å²) in [5, 5.41) is -5.96. The molecule has 0 saturated carbocycles. The minimum atomic E-state index is -6.55. The Hall–Kier alpha value is -0.650. The Morgan fingerprint density at radius 2 is 1.33 bits per heavy atom. The largest absolute Gasteiger partial charge is 0.434 e. The molecule has 0 unspecified atom stereocenters. The minimum Gasteiger partial charge on any atom is -0.198 e. The van der Waals surface area contributed by atoms with Gasteiger partial charge in [0.1, 0.15) is 0 Å². The van der Waals surface area contributed by atoms with E-state index in [1.807, 2.05) is 0 Å². The van der Waals surface area contributed by atoms with Crippen molar-refractivity contribution in [3.63, 3.8) is 0 Å². The van der Waals surface area contributed by atoms with Crippen LogP contribution < -0.4 is 0 Å². The molecule has 0 N–H and O–H groups in total. The molecule has 0 heterocycles. The van der Waals surface area contributed by atoms with Crippen LogP contribution in [-0.2, 0) is 14.5 Å². The fourth-order valence-electron chi connectivity index (χ4n) is 0.879. The summed E-state index contributed by atoms with van der Waals surface area (Å²) in [5.41, 5.74) is 0. The van der Waals surface area contributed by atoms with Crippen molar-refractivity contribution >= 4 is 10.1 Å². The van der Waals surface area contributed by atoms with Crippen molar-refractivity contribution in [2.75, 3.05) is 0 Å². The molecule has 0 aliphatic heterocycles. The minimum absolute atomic E-state index is 1.45. The Bertz CT molecular complexity index is 373. The molecule has 0 aromatic rings. The van der Waals surface area contributed by atoms with E-state index in [9.17, 15) is 43.7 Å². The van der Waals surface area contributed by atoms with Gasteiger partial charge < -0.3 is 0 Å². The first-order chi connectivity index (χ1) is 7.77. The van der Waals surface area contributed by atoms with Crippen molar-refractivity contribution in [3.8, 4) is 0 Å². The maximum atomic E-state index is 12.7. The van der Waals surface area contributed by atoms with Gasteiger partial charge in [-0.3, -0.25) is 0 Å². The lowest BCUT2D eigenvalue weighted by molar-refractivity contribution is -0.180. The maximum Gasteiger partial charge on any atom is 0.434 e. The van der Waals surface area contributed by atoms with Crippen molar-refractivity contribution < 1.29 is 48.1 Å². The summed E-state index contributed by atoms with van der Waals surface area (Å²) in [6.45, 7) is 0. The van der Waals surface area contributed by atoms with Crippen molar-refractivity contribution in [3.05, 3.63) is 0 Å². The van der Waals surface area contributed by atoms with E-state index in [0.29, 0.717) is 0 Å². The smallest absolute Gasteiger partial charge is 0.198 e. The molecule has 110 valence electrons. The Morgan fingerprint density at radius 1 is 0.889 bits per heavy atom. The Balaban J connectivity index is 4.83. The summed E-state index contributed by atoms with van der Waals surface area (Å²) in [5.74, 6) is -5.39. The van der Waals surface area contributed by atoms with E-state index >= 15 is 0 Å². The highest BCUT2D eigenvalue weighted by Crippen LogP contribution is 2.43. The van der Waals surface area contributed by atoms with Crippen LogP contribution in [-0.4, -0.2) is 25.8 Å². The molecule has 0 radical (unpaired) electrons. The third-order valence-corrected chi connectivity index (χ3v) is 2.87. The van der Waals surface area contributed by atoms with Gasteiger partial charge in [0.2, 0.25) is 0 Å². The fourth-order valence-corrected chi connectivity index (χ4v) is 1.43. The molecule has 0 aliphatic rings. The van der Waals surface area contributed by atoms with Gasteiger partial charge in [-0.1, -0.05) is 4.39 Å². The predicted octanol–water partition coefficient (Wildman–Crippen LogP) is 3.18. The molecule has 3 nitrogen and oxygen atoms in total. The normalized spacial score (nSPS) is 14.9. The predicted molar refractivity (Wildman–Crippen MR) is 40.9 cm³/mol. The molecule has 0 aromatic heterocycles. The molecule has 12 heteroatoms. The zero-order valence-electron chi connectivity index (χ0n) is 8.28. The van der Waals surface area contributed by atoms with E-state index in [-0.39, 0.29) is 0 Å². The number of hydrogen-bond donors (Lipinski definition) is 0. The summed E-state index contributed by atoms with van der Waals surface area (Å²) < 4.78 is 119. The second kappa shape index (κ2) is 5.15. The van der Waals surface area contributed by atoms with Crippen LogP contribution in [0.5, 0.6) is 0 Å². The van der Waals surface area contributed by atoms with Crippen LogP contribution in [0.1, 0.15) is 19.3 Å². The summed E-state index contributed by atoms with van der Waals surface area (Å²) in [4.78, 5) is 0. The Kier molecular flexibility index (Phi) is 4.96. The van der Waals surface area contributed by atoms with E-state index in [2.05, 4.69) is 0 Å². The molecule has 0 saturated heterocycles. The molecule has 0 fully saturated rings. The molecule has 18 heavy (non-hydrogen) atoms. The van der Waals surface area contributed by atoms with E-state index in [4.69, 9.17) is 0 Å². The first kappa shape index (κ1) is 17.4. The quantitative estimate of drug-likeness (QED) is 0.708. The van der Waals surface area contributed by atoms with Crippen LogP contribution >= 0.6 is 0 Å². The fraction of sp³-hybridized carbons (Fsp3) is 1.00. The van der Waals surface area contributed by atoms with Gasteiger partial charge in [0.05, 0.1) is 0 Å². The van der Waals surface area contributed by atoms with Gasteiger partial charge in [-0.25, -0.2) is 0 Å². The van der Waals surface area contributed by atoms with Crippen molar-refractivity contribution in [2.24, 2.45) is 0 Å². The van der Waals surface area contributed by atoms with Crippen LogP contribution in [0.15, 0.2) is 0 Å². The third kappa shape index (κ3) is 3.93. The van der Waals surface area contributed by atoms with Crippen LogP contribution in [0, 0.1) is 0 Å². The summed E-state index contributed by atoms with van der Waals surface area (Å²) in [7, 11) is -6.55. The maximum absolute atomic E-state index is 12.7. The summed E-state index contributed by atoms with van der Waals surface area (Å²) >= 11 is 0. The molecule has 0 aliphatic carbocycles. The molecule has 0 aromatic carbocycles. The van der Waals surface area contributed by atoms with Gasteiger partial charge in [-0.2, -0.15) is 39.2 Å². The Labute approximate surface area is 95.7 Å². The van der Waals surface area contributed by atoms with E-state index in [0.717, 1.165) is 0 Å². The molecule has 0 amide bonds. The lowest BCUT2D eigenvalue weighted by Gasteiger charge is -2.24. The highest BCUT2D eigenvalue weighted by atomic mass is 32.2. The second-order valence-corrected chi connectivity index (χ2v) is 4.75. The molecule has 0 spiro atoms. The average molecular weight is 310 g/mol. The van der Waals surface area contributed by atoms with Crippen LogP contribution in [0.25, 0.3) is 0 Å². The lowest BCUT2D eigenvalue weighted by Crippen LogP contribution is -2.47. The highest BCUT2D eigenvalue weighted by Gasteiger charge is 2.66. The monoisotopic (exact) mass is 310 g/mol. The topological polar surface area (TPSA) is 43.4 Å². The van der Waals surface area contributed by atoms with Gasteiger partial charge in [0.15, 0.2) is 0 Å². The first-order valence-corrected chi connectivity index (χ1v) is 5.55. The van der Waals surface area contributed by atoms with Crippen LogP contribution in [0.3, 0.4) is 0 Å². The van der Waals surface area contributed by atoms with E-state index in [1.54, 1.807) is 4.39 Å². The highest BCUT2D eigenvalue weighted by molar-refractivity contribution is 7.87. The van der Waals surface area contributed by atoms with Crippen LogP contribution in [0.2, 0.25) is 0 Å². The molecule has 0 bridgehead atoms. The SMILES string of the molecule is O=S(=O)(OF)C(F)(F)C(F)(F)CCCC(F)(F)F. The average Bonchev–Trinajstić information content (AvgIpc) is 2.14. The summed E-state index contributed by atoms with van der Waals surface area (Å²) in [6, 6.07) is 0. The zero-order valence-corrected chi connectivity index (χ0v) is 9.09. The van der Waals surface area contributed by atoms with Gasteiger partial charge in [-0.05, 0) is 10.9 Å². The number of hydrogen-bond acceptors (Lipinski definition) is 3. The number of halogens is 8. The molecular weight excluding hydrogens is 304 g/mol. The number of alkyl halides is 7. The van der Waals surface area contributed by atoms with Gasteiger partial charge in [0.25, 0.3) is 0 Å². The lowest BCUT2D eigenvalue weighted by atomic mass is 10.1. The van der Waals surface area contributed by atoms with Gasteiger partial charge in [-0.15, -0.1) is 0 Å². The van der Waals surface area contributed by atoms with Crippen molar-refractivity contribution in [2.45, 2.75) is 36.6 Å².